The molecule has 0 amide bonds. The van der Waals surface area contributed by atoms with Gasteiger partial charge in [-0.25, -0.2) is 0 Å². The fourth-order valence-corrected chi connectivity index (χ4v) is 1.39. The Labute approximate surface area is 77.7 Å². The van der Waals surface area contributed by atoms with E-state index < -0.39 is 0 Å². The summed E-state index contributed by atoms with van der Waals surface area (Å²) in [7, 11) is 0. The number of hydrogen-bond acceptors (Lipinski definition) is 3. The minimum absolute atomic E-state index is 0.0219. The van der Waals surface area contributed by atoms with E-state index in [4.69, 9.17) is 9.47 Å². The van der Waals surface area contributed by atoms with Crippen LogP contribution in [0.4, 0.5) is 0 Å². The van der Waals surface area contributed by atoms with Crippen molar-refractivity contribution < 1.29 is 9.47 Å². The molecule has 0 aliphatic carbocycles. The molecule has 1 aromatic heterocycles. The molecule has 3 heteroatoms. The van der Waals surface area contributed by atoms with Gasteiger partial charge in [0.1, 0.15) is 6.10 Å². The Kier molecular flexibility index (Phi) is 2.57. The predicted octanol–water partition coefficient (Wildman–Crippen LogP) is 1.48. The van der Waals surface area contributed by atoms with Crippen LogP contribution in [-0.2, 0) is 9.47 Å². The molecule has 1 aromatic rings. The van der Waals surface area contributed by atoms with E-state index in [9.17, 15) is 0 Å². The van der Waals surface area contributed by atoms with Crippen molar-refractivity contribution >= 4 is 0 Å². The van der Waals surface area contributed by atoms with E-state index in [1.54, 1.807) is 0 Å². The van der Waals surface area contributed by atoms with Crippen molar-refractivity contribution in [2.24, 2.45) is 0 Å². The average molecular weight is 179 g/mol. The van der Waals surface area contributed by atoms with Crippen molar-refractivity contribution in [1.29, 1.82) is 0 Å². The van der Waals surface area contributed by atoms with Crippen LogP contribution >= 0.6 is 0 Å². The second kappa shape index (κ2) is 3.85. The predicted molar refractivity (Wildman–Crippen MR) is 48.5 cm³/mol. The molecule has 1 aliphatic heterocycles. The summed E-state index contributed by atoms with van der Waals surface area (Å²) in [6.45, 7) is 4.04. The van der Waals surface area contributed by atoms with Gasteiger partial charge in [-0.05, 0) is 24.6 Å². The Bertz CT molecular complexity index is 282. The zero-order valence-electron chi connectivity index (χ0n) is 7.69. The monoisotopic (exact) mass is 179 g/mol. The van der Waals surface area contributed by atoms with Gasteiger partial charge < -0.3 is 9.47 Å². The molecule has 0 N–H and O–H groups in total. The van der Waals surface area contributed by atoms with E-state index in [2.05, 4.69) is 11.9 Å². The Morgan fingerprint density at radius 3 is 3.08 bits per heavy atom. The molecular formula is C10H13NO2. The summed E-state index contributed by atoms with van der Waals surface area (Å²) in [5.74, 6) is 0. The van der Waals surface area contributed by atoms with Gasteiger partial charge in [0.15, 0.2) is 0 Å². The first-order valence-electron chi connectivity index (χ1n) is 4.48. The summed E-state index contributed by atoms with van der Waals surface area (Å²) in [6.07, 6.45) is 1.83. The fourth-order valence-electron chi connectivity index (χ4n) is 1.39. The van der Waals surface area contributed by atoms with Crippen LogP contribution in [0.3, 0.4) is 0 Å². The molecule has 0 bridgehead atoms. The maximum Gasteiger partial charge on any atom is 0.123 e. The van der Waals surface area contributed by atoms with E-state index in [1.165, 1.54) is 5.56 Å². The van der Waals surface area contributed by atoms with Gasteiger partial charge in [-0.1, -0.05) is 0 Å². The average Bonchev–Trinajstić information content (AvgIpc) is 2.19. The summed E-state index contributed by atoms with van der Waals surface area (Å²) in [5, 5.41) is 0. The highest BCUT2D eigenvalue weighted by molar-refractivity contribution is 5.16. The third-order valence-corrected chi connectivity index (χ3v) is 2.08. The molecular weight excluding hydrogens is 166 g/mol. The van der Waals surface area contributed by atoms with Crippen LogP contribution in [-0.4, -0.2) is 24.8 Å². The summed E-state index contributed by atoms with van der Waals surface area (Å²) in [5.41, 5.74) is 2.18. The summed E-state index contributed by atoms with van der Waals surface area (Å²) in [6, 6.07) is 4.02. The van der Waals surface area contributed by atoms with Crippen molar-refractivity contribution in [1.82, 2.24) is 4.98 Å². The molecule has 1 fully saturated rings. The molecule has 1 unspecified atom stereocenters. The SMILES string of the molecule is Cc1ccnc(C2COCCO2)c1. The third-order valence-electron chi connectivity index (χ3n) is 2.08. The molecule has 0 radical (unpaired) electrons. The summed E-state index contributed by atoms with van der Waals surface area (Å²) >= 11 is 0. The Balaban J connectivity index is 2.14. The highest BCUT2D eigenvalue weighted by Gasteiger charge is 2.17. The lowest BCUT2D eigenvalue weighted by Gasteiger charge is -2.22. The Morgan fingerprint density at radius 1 is 1.46 bits per heavy atom. The first-order chi connectivity index (χ1) is 6.36. The van der Waals surface area contributed by atoms with Crippen LogP contribution in [0.15, 0.2) is 18.3 Å². The molecule has 0 saturated carbocycles. The van der Waals surface area contributed by atoms with Crippen LogP contribution in [0.1, 0.15) is 17.4 Å². The third kappa shape index (κ3) is 2.05. The van der Waals surface area contributed by atoms with Crippen molar-refractivity contribution in [3.05, 3.63) is 29.6 Å². The number of ether oxygens (including phenoxy) is 2. The lowest BCUT2D eigenvalue weighted by atomic mass is 10.2. The van der Waals surface area contributed by atoms with Crippen LogP contribution in [0, 0.1) is 6.92 Å². The molecule has 1 saturated heterocycles. The van der Waals surface area contributed by atoms with E-state index in [0.29, 0.717) is 19.8 Å². The molecule has 1 atom stereocenters. The van der Waals surface area contributed by atoms with Crippen molar-refractivity contribution in [3.8, 4) is 0 Å². The van der Waals surface area contributed by atoms with Gasteiger partial charge in [0.25, 0.3) is 0 Å². The smallest absolute Gasteiger partial charge is 0.123 e. The number of aryl methyl sites for hydroxylation is 1. The van der Waals surface area contributed by atoms with Gasteiger partial charge in [0, 0.05) is 6.20 Å². The van der Waals surface area contributed by atoms with Gasteiger partial charge in [-0.3, -0.25) is 4.98 Å². The summed E-state index contributed by atoms with van der Waals surface area (Å²) in [4.78, 5) is 4.26. The van der Waals surface area contributed by atoms with Crippen LogP contribution in [0.25, 0.3) is 0 Å². The molecule has 0 aromatic carbocycles. The van der Waals surface area contributed by atoms with E-state index in [0.717, 1.165) is 5.69 Å². The maximum absolute atomic E-state index is 5.53. The summed E-state index contributed by atoms with van der Waals surface area (Å²) < 4.78 is 10.8. The van der Waals surface area contributed by atoms with E-state index >= 15 is 0 Å². The molecule has 0 spiro atoms. The normalized spacial score (nSPS) is 23.0. The molecule has 1 aliphatic rings. The van der Waals surface area contributed by atoms with E-state index in [1.807, 2.05) is 18.3 Å². The maximum atomic E-state index is 5.53. The lowest BCUT2D eigenvalue weighted by molar-refractivity contribution is -0.0917. The highest BCUT2D eigenvalue weighted by Crippen LogP contribution is 2.18. The van der Waals surface area contributed by atoms with Crippen molar-refractivity contribution in [2.45, 2.75) is 13.0 Å². The van der Waals surface area contributed by atoms with Gasteiger partial charge >= 0.3 is 0 Å². The minimum Gasteiger partial charge on any atom is -0.376 e. The Hall–Kier alpha value is -0.930. The van der Waals surface area contributed by atoms with Gasteiger partial charge in [-0.2, -0.15) is 0 Å². The van der Waals surface area contributed by atoms with Gasteiger partial charge in [0.2, 0.25) is 0 Å². The standard InChI is InChI=1S/C10H13NO2/c1-8-2-3-11-9(6-8)10-7-12-4-5-13-10/h2-3,6,10H,4-5,7H2,1H3. The fraction of sp³-hybridized carbons (Fsp3) is 0.500. The van der Waals surface area contributed by atoms with Crippen LogP contribution < -0.4 is 0 Å². The largest absolute Gasteiger partial charge is 0.376 e. The van der Waals surface area contributed by atoms with Gasteiger partial charge in [-0.15, -0.1) is 0 Å². The van der Waals surface area contributed by atoms with Crippen LogP contribution in [0.2, 0.25) is 0 Å². The number of hydrogen-bond donors (Lipinski definition) is 0. The number of aromatic nitrogens is 1. The van der Waals surface area contributed by atoms with Gasteiger partial charge in [0.05, 0.1) is 25.5 Å². The minimum atomic E-state index is 0.0219. The first kappa shape index (κ1) is 8.66. The zero-order valence-corrected chi connectivity index (χ0v) is 7.69. The van der Waals surface area contributed by atoms with Crippen molar-refractivity contribution in [3.63, 3.8) is 0 Å². The zero-order chi connectivity index (χ0) is 9.10. The van der Waals surface area contributed by atoms with Crippen LogP contribution in [0.5, 0.6) is 0 Å². The molecule has 2 heterocycles. The number of nitrogens with zero attached hydrogens (tertiary/aromatic N) is 1. The highest BCUT2D eigenvalue weighted by atomic mass is 16.6. The van der Waals surface area contributed by atoms with E-state index in [-0.39, 0.29) is 6.10 Å². The van der Waals surface area contributed by atoms with Crippen molar-refractivity contribution in [2.75, 3.05) is 19.8 Å². The molecule has 2 rings (SSSR count). The Morgan fingerprint density at radius 2 is 2.38 bits per heavy atom. The lowest BCUT2D eigenvalue weighted by Crippen LogP contribution is -2.22. The first-order valence-corrected chi connectivity index (χ1v) is 4.48. The number of pyridine rings is 1. The topological polar surface area (TPSA) is 31.4 Å². The second-order valence-corrected chi connectivity index (χ2v) is 3.19. The quantitative estimate of drug-likeness (QED) is 0.654. The molecule has 70 valence electrons. The molecule has 13 heavy (non-hydrogen) atoms. The second-order valence-electron chi connectivity index (χ2n) is 3.19. The number of rotatable bonds is 1. The molecule has 3 nitrogen and oxygen atoms in total.